The van der Waals surface area contributed by atoms with Gasteiger partial charge in [-0.25, -0.2) is 8.42 Å². The largest absolute Gasteiger partial charge is 0.480 e. The number of hydrogen-bond donors (Lipinski definition) is 2. The van der Waals surface area contributed by atoms with E-state index < -0.39 is 22.0 Å². The van der Waals surface area contributed by atoms with Crippen LogP contribution in [0.2, 0.25) is 5.02 Å². The molecule has 106 valence electrons. The Bertz CT molecular complexity index is 692. The van der Waals surface area contributed by atoms with E-state index >= 15 is 0 Å². The molecule has 0 radical (unpaired) electrons. The molecule has 0 heterocycles. The number of nitriles is 1. The summed E-state index contributed by atoms with van der Waals surface area (Å²) >= 11 is 5.83. The van der Waals surface area contributed by atoms with Crippen LogP contribution in [0, 0.1) is 17.2 Å². The molecule has 2 N–H and O–H groups in total. The van der Waals surface area contributed by atoms with Crippen molar-refractivity contribution in [3.63, 3.8) is 0 Å². The van der Waals surface area contributed by atoms with E-state index in [4.69, 9.17) is 22.0 Å². The monoisotopic (exact) mass is 314 g/mol. The fourth-order valence-corrected chi connectivity index (χ4v) is 3.60. The normalized spacial score (nSPS) is 16.4. The third-order valence-corrected chi connectivity index (χ3v) is 4.92. The molecule has 0 amide bonds. The van der Waals surface area contributed by atoms with E-state index in [9.17, 15) is 13.2 Å². The van der Waals surface area contributed by atoms with E-state index in [1.807, 2.05) is 6.07 Å². The zero-order chi connectivity index (χ0) is 14.9. The highest BCUT2D eigenvalue weighted by atomic mass is 35.5. The third kappa shape index (κ3) is 3.10. The first kappa shape index (κ1) is 14.8. The van der Waals surface area contributed by atoms with E-state index in [2.05, 4.69) is 4.72 Å². The van der Waals surface area contributed by atoms with Crippen molar-refractivity contribution in [1.29, 1.82) is 5.26 Å². The number of hydrogen-bond acceptors (Lipinski definition) is 4. The molecule has 1 saturated carbocycles. The highest BCUT2D eigenvalue weighted by Crippen LogP contribution is 2.34. The second-order valence-electron chi connectivity index (χ2n) is 4.53. The Kier molecular flexibility index (Phi) is 3.99. The third-order valence-electron chi connectivity index (χ3n) is 2.99. The van der Waals surface area contributed by atoms with E-state index in [1.54, 1.807) is 0 Å². The summed E-state index contributed by atoms with van der Waals surface area (Å²) in [4.78, 5) is 10.8. The maximum Gasteiger partial charge on any atom is 0.322 e. The van der Waals surface area contributed by atoms with Crippen LogP contribution >= 0.6 is 11.6 Å². The lowest BCUT2D eigenvalue weighted by molar-refractivity contribution is -0.139. The zero-order valence-electron chi connectivity index (χ0n) is 10.2. The number of nitrogens with zero attached hydrogens (tertiary/aromatic N) is 1. The predicted octanol–water partition coefficient (Wildman–Crippen LogP) is 1.35. The van der Waals surface area contributed by atoms with Crippen LogP contribution in [0.5, 0.6) is 0 Å². The Morgan fingerprint density at radius 1 is 1.50 bits per heavy atom. The van der Waals surface area contributed by atoms with E-state index in [1.165, 1.54) is 18.2 Å². The molecule has 1 aromatic carbocycles. The molecule has 1 aromatic rings. The molecule has 1 aliphatic rings. The minimum atomic E-state index is -4.04. The Morgan fingerprint density at radius 3 is 2.60 bits per heavy atom. The van der Waals surface area contributed by atoms with Gasteiger partial charge in [-0.3, -0.25) is 4.79 Å². The Hall–Kier alpha value is -1.62. The van der Waals surface area contributed by atoms with Crippen molar-refractivity contribution in [3.8, 4) is 6.07 Å². The first-order chi connectivity index (χ1) is 9.35. The fraction of sp³-hybridized carbons (Fsp3) is 0.333. The van der Waals surface area contributed by atoms with Crippen LogP contribution in [-0.4, -0.2) is 25.5 Å². The molecule has 0 aromatic heterocycles. The number of carboxylic acids is 1. The van der Waals surface area contributed by atoms with Gasteiger partial charge in [0.1, 0.15) is 10.9 Å². The number of halogens is 1. The number of sulfonamides is 1. The van der Waals surface area contributed by atoms with Gasteiger partial charge < -0.3 is 5.11 Å². The zero-order valence-corrected chi connectivity index (χ0v) is 11.8. The van der Waals surface area contributed by atoms with Gasteiger partial charge in [-0.15, -0.1) is 0 Å². The summed E-state index contributed by atoms with van der Waals surface area (Å²) in [6.07, 6.45) is 1.36. The van der Waals surface area contributed by atoms with Crippen molar-refractivity contribution < 1.29 is 18.3 Å². The minimum Gasteiger partial charge on any atom is -0.480 e. The Morgan fingerprint density at radius 2 is 2.15 bits per heavy atom. The first-order valence-electron chi connectivity index (χ1n) is 5.80. The van der Waals surface area contributed by atoms with Gasteiger partial charge in [-0.1, -0.05) is 11.6 Å². The lowest BCUT2D eigenvalue weighted by atomic mass is 10.2. The summed E-state index contributed by atoms with van der Waals surface area (Å²) in [5.74, 6) is -1.39. The number of rotatable bonds is 5. The molecule has 20 heavy (non-hydrogen) atoms. The number of carboxylic acid groups (broad SMARTS) is 1. The lowest BCUT2D eigenvalue weighted by Crippen LogP contribution is -2.42. The van der Waals surface area contributed by atoms with Gasteiger partial charge in [0, 0.05) is 0 Å². The van der Waals surface area contributed by atoms with Crippen LogP contribution < -0.4 is 4.72 Å². The van der Waals surface area contributed by atoms with Gasteiger partial charge in [-0.05, 0) is 37.0 Å². The van der Waals surface area contributed by atoms with Gasteiger partial charge in [0.2, 0.25) is 10.0 Å². The Balaban J connectivity index is 2.30. The van der Waals surface area contributed by atoms with Crippen molar-refractivity contribution in [2.45, 2.75) is 23.8 Å². The van der Waals surface area contributed by atoms with Crippen LogP contribution in [-0.2, 0) is 14.8 Å². The highest BCUT2D eigenvalue weighted by Gasteiger charge is 2.39. The van der Waals surface area contributed by atoms with Crippen molar-refractivity contribution in [2.75, 3.05) is 0 Å². The predicted molar refractivity (Wildman–Crippen MR) is 70.6 cm³/mol. The number of benzene rings is 1. The lowest BCUT2D eigenvalue weighted by Gasteiger charge is -2.14. The molecule has 1 aliphatic carbocycles. The standard InChI is InChI=1S/C12H11ClN2O4S/c13-9-5-7(6-14)1-4-10(9)20(18,19)15-11(12(16)17)8-2-3-8/h1,4-5,8,11,15H,2-3H2,(H,16,17). The summed E-state index contributed by atoms with van der Waals surface area (Å²) in [5.41, 5.74) is 0.228. The van der Waals surface area contributed by atoms with Crippen LogP contribution in [0.1, 0.15) is 18.4 Å². The molecule has 0 aliphatic heterocycles. The van der Waals surface area contributed by atoms with Gasteiger partial charge in [0.15, 0.2) is 0 Å². The van der Waals surface area contributed by atoms with Crippen molar-refractivity contribution in [2.24, 2.45) is 5.92 Å². The molecule has 6 nitrogen and oxygen atoms in total. The second kappa shape index (κ2) is 5.40. The summed E-state index contributed by atoms with van der Waals surface area (Å²) in [7, 11) is -4.04. The molecule has 0 saturated heterocycles. The smallest absolute Gasteiger partial charge is 0.322 e. The van der Waals surface area contributed by atoms with Crippen LogP contribution in [0.15, 0.2) is 23.1 Å². The Labute approximate surface area is 121 Å². The maximum absolute atomic E-state index is 12.2. The number of carbonyl (C=O) groups is 1. The number of aliphatic carboxylic acids is 1. The highest BCUT2D eigenvalue weighted by molar-refractivity contribution is 7.89. The van der Waals surface area contributed by atoms with Crippen LogP contribution in [0.25, 0.3) is 0 Å². The van der Waals surface area contributed by atoms with Gasteiger partial charge in [0.05, 0.1) is 16.7 Å². The topological polar surface area (TPSA) is 107 Å². The average Bonchev–Trinajstić information content (AvgIpc) is 3.19. The first-order valence-corrected chi connectivity index (χ1v) is 7.66. The molecular weight excluding hydrogens is 304 g/mol. The van der Waals surface area contributed by atoms with Crippen molar-refractivity contribution >= 4 is 27.6 Å². The fourth-order valence-electron chi connectivity index (χ4n) is 1.80. The van der Waals surface area contributed by atoms with E-state index in [0.717, 1.165) is 0 Å². The average molecular weight is 315 g/mol. The van der Waals surface area contributed by atoms with Crippen molar-refractivity contribution in [3.05, 3.63) is 28.8 Å². The number of nitrogens with one attached hydrogen (secondary N) is 1. The molecule has 0 bridgehead atoms. The van der Waals surface area contributed by atoms with Crippen LogP contribution in [0.4, 0.5) is 0 Å². The molecule has 1 atom stereocenters. The van der Waals surface area contributed by atoms with Crippen molar-refractivity contribution in [1.82, 2.24) is 4.72 Å². The second-order valence-corrected chi connectivity index (χ2v) is 6.62. The quantitative estimate of drug-likeness (QED) is 0.853. The molecule has 1 fully saturated rings. The van der Waals surface area contributed by atoms with Gasteiger partial charge in [0.25, 0.3) is 0 Å². The van der Waals surface area contributed by atoms with E-state index in [-0.39, 0.29) is 21.4 Å². The molecular formula is C12H11ClN2O4S. The minimum absolute atomic E-state index is 0.114. The molecule has 8 heteroatoms. The summed E-state index contributed by atoms with van der Waals surface area (Å²) in [6.45, 7) is 0. The van der Waals surface area contributed by atoms with Crippen LogP contribution in [0.3, 0.4) is 0 Å². The molecule has 1 unspecified atom stereocenters. The molecule has 0 spiro atoms. The maximum atomic E-state index is 12.2. The summed E-state index contributed by atoms with van der Waals surface area (Å²) < 4.78 is 26.5. The SMILES string of the molecule is N#Cc1ccc(S(=O)(=O)NC(C(=O)O)C2CC2)c(Cl)c1. The molecule has 2 rings (SSSR count). The van der Waals surface area contributed by atoms with Gasteiger partial charge >= 0.3 is 5.97 Å². The van der Waals surface area contributed by atoms with Gasteiger partial charge in [-0.2, -0.15) is 9.98 Å². The van der Waals surface area contributed by atoms with E-state index in [0.29, 0.717) is 12.8 Å². The summed E-state index contributed by atoms with van der Waals surface area (Å²) in [5, 5.41) is 17.6. The summed E-state index contributed by atoms with van der Waals surface area (Å²) in [6, 6.07) is 4.42.